The minimum absolute atomic E-state index is 0.257. The van der Waals surface area contributed by atoms with Crippen LogP contribution in [0.25, 0.3) is 0 Å². The number of rotatable bonds is 6. The molecule has 1 N–H and O–H groups in total. The van der Waals surface area contributed by atoms with Gasteiger partial charge in [-0.05, 0) is 66.4 Å². The Morgan fingerprint density at radius 2 is 1.69 bits per heavy atom. The molecule has 0 saturated carbocycles. The molecule has 0 radical (unpaired) electrons. The highest BCUT2D eigenvalue weighted by Gasteiger charge is 2.05. The van der Waals surface area contributed by atoms with Crippen molar-refractivity contribution in [2.75, 3.05) is 5.32 Å². The summed E-state index contributed by atoms with van der Waals surface area (Å²) < 4.78 is 18.7. The van der Waals surface area contributed by atoms with Gasteiger partial charge in [-0.3, -0.25) is 0 Å². The number of halogens is 2. The van der Waals surface area contributed by atoms with Gasteiger partial charge in [0.05, 0.1) is 5.02 Å². The molecule has 3 rings (SSSR count). The van der Waals surface area contributed by atoms with Crippen molar-refractivity contribution in [3.63, 3.8) is 0 Å². The SMILES string of the molecule is Cc1cccc(NCc2ccc(OCc3ccc(F)cc3)c(Cl)c2)c1C. The Morgan fingerprint density at radius 1 is 0.962 bits per heavy atom. The molecule has 0 atom stereocenters. The molecule has 0 amide bonds. The van der Waals surface area contributed by atoms with E-state index >= 15 is 0 Å². The van der Waals surface area contributed by atoms with E-state index in [0.29, 0.717) is 23.9 Å². The van der Waals surface area contributed by atoms with Crippen molar-refractivity contribution in [1.29, 1.82) is 0 Å². The van der Waals surface area contributed by atoms with E-state index in [0.717, 1.165) is 16.8 Å². The molecule has 0 aliphatic carbocycles. The summed E-state index contributed by atoms with van der Waals surface area (Å²) in [6.45, 7) is 5.24. The highest BCUT2D eigenvalue weighted by atomic mass is 35.5. The van der Waals surface area contributed by atoms with Crippen LogP contribution in [-0.4, -0.2) is 0 Å². The Bertz CT molecular complexity index is 893. The zero-order chi connectivity index (χ0) is 18.5. The molecule has 3 aromatic rings. The van der Waals surface area contributed by atoms with Crippen LogP contribution in [0.3, 0.4) is 0 Å². The summed E-state index contributed by atoms with van der Waals surface area (Å²) in [5.41, 5.74) is 5.60. The molecule has 0 aliphatic rings. The van der Waals surface area contributed by atoms with E-state index in [-0.39, 0.29) is 5.82 Å². The van der Waals surface area contributed by atoms with Crippen LogP contribution in [-0.2, 0) is 13.2 Å². The van der Waals surface area contributed by atoms with Gasteiger partial charge >= 0.3 is 0 Å². The first-order chi connectivity index (χ1) is 12.5. The fraction of sp³-hybridized carbons (Fsp3) is 0.182. The first-order valence-electron chi connectivity index (χ1n) is 8.48. The first-order valence-corrected chi connectivity index (χ1v) is 8.86. The standard InChI is InChI=1S/C22H21ClFNO/c1-15-4-3-5-21(16(15)2)25-13-18-8-11-22(20(23)12-18)26-14-17-6-9-19(24)10-7-17/h3-12,25H,13-14H2,1-2H3. The smallest absolute Gasteiger partial charge is 0.138 e. The van der Waals surface area contributed by atoms with Crippen molar-refractivity contribution in [2.24, 2.45) is 0 Å². The van der Waals surface area contributed by atoms with Gasteiger partial charge < -0.3 is 10.1 Å². The number of ether oxygens (including phenoxy) is 1. The average Bonchev–Trinajstić information content (AvgIpc) is 2.63. The summed E-state index contributed by atoms with van der Waals surface area (Å²) in [7, 11) is 0. The van der Waals surface area contributed by atoms with Gasteiger partial charge in [-0.25, -0.2) is 4.39 Å². The van der Waals surface area contributed by atoms with Crippen LogP contribution in [0.4, 0.5) is 10.1 Å². The number of aryl methyl sites for hydroxylation is 1. The highest BCUT2D eigenvalue weighted by molar-refractivity contribution is 6.32. The molecule has 0 aromatic heterocycles. The highest BCUT2D eigenvalue weighted by Crippen LogP contribution is 2.27. The van der Waals surface area contributed by atoms with Crippen molar-refractivity contribution in [1.82, 2.24) is 0 Å². The van der Waals surface area contributed by atoms with Gasteiger partial charge in [-0.2, -0.15) is 0 Å². The van der Waals surface area contributed by atoms with Crippen molar-refractivity contribution < 1.29 is 9.13 Å². The summed E-state index contributed by atoms with van der Waals surface area (Å²) in [5, 5.41) is 4.01. The van der Waals surface area contributed by atoms with Crippen LogP contribution >= 0.6 is 11.6 Å². The molecule has 0 fully saturated rings. The van der Waals surface area contributed by atoms with E-state index in [9.17, 15) is 4.39 Å². The lowest BCUT2D eigenvalue weighted by atomic mass is 10.1. The lowest BCUT2D eigenvalue weighted by Crippen LogP contribution is -2.02. The van der Waals surface area contributed by atoms with E-state index < -0.39 is 0 Å². The maximum absolute atomic E-state index is 12.9. The van der Waals surface area contributed by atoms with Gasteiger partial charge in [-0.15, -0.1) is 0 Å². The molecule has 3 aromatic carbocycles. The molecule has 4 heteroatoms. The molecule has 0 bridgehead atoms. The van der Waals surface area contributed by atoms with Crippen LogP contribution in [0.2, 0.25) is 5.02 Å². The molecule has 0 unspecified atom stereocenters. The van der Waals surface area contributed by atoms with Crippen molar-refractivity contribution >= 4 is 17.3 Å². The zero-order valence-electron chi connectivity index (χ0n) is 14.9. The summed E-state index contributed by atoms with van der Waals surface area (Å²) in [5.74, 6) is 0.360. The average molecular weight is 370 g/mol. The molecule has 0 aliphatic heterocycles. The van der Waals surface area contributed by atoms with Crippen LogP contribution in [0, 0.1) is 19.7 Å². The fourth-order valence-corrected chi connectivity index (χ4v) is 2.91. The van der Waals surface area contributed by atoms with Gasteiger partial charge in [-0.1, -0.05) is 41.9 Å². The molecule has 0 heterocycles. The van der Waals surface area contributed by atoms with E-state index in [1.807, 2.05) is 24.3 Å². The number of benzene rings is 3. The van der Waals surface area contributed by atoms with Gasteiger partial charge in [0.2, 0.25) is 0 Å². The van der Waals surface area contributed by atoms with Gasteiger partial charge in [0, 0.05) is 12.2 Å². The van der Waals surface area contributed by atoms with Crippen molar-refractivity contribution in [3.8, 4) is 5.75 Å². The molecular formula is C22H21ClFNO. The third-order valence-electron chi connectivity index (χ3n) is 4.39. The zero-order valence-corrected chi connectivity index (χ0v) is 15.6. The summed E-state index contributed by atoms with van der Waals surface area (Å²) in [4.78, 5) is 0. The second kappa shape index (κ2) is 8.24. The molecule has 0 saturated heterocycles. The predicted molar refractivity (Wildman–Crippen MR) is 105 cm³/mol. The van der Waals surface area contributed by atoms with Crippen LogP contribution in [0.1, 0.15) is 22.3 Å². The van der Waals surface area contributed by atoms with Crippen LogP contribution in [0.5, 0.6) is 5.75 Å². The number of hydrogen-bond donors (Lipinski definition) is 1. The molecule has 2 nitrogen and oxygen atoms in total. The Kier molecular flexibility index (Phi) is 5.79. The maximum Gasteiger partial charge on any atom is 0.138 e. The minimum Gasteiger partial charge on any atom is -0.487 e. The third kappa shape index (κ3) is 4.55. The number of anilines is 1. The molecule has 0 spiro atoms. The Labute approximate surface area is 158 Å². The Balaban J connectivity index is 1.61. The minimum atomic E-state index is -0.257. The van der Waals surface area contributed by atoms with E-state index in [1.54, 1.807) is 12.1 Å². The lowest BCUT2D eigenvalue weighted by Gasteiger charge is -2.13. The van der Waals surface area contributed by atoms with Gasteiger partial charge in [0.1, 0.15) is 18.2 Å². The Hall–Kier alpha value is -2.52. The number of hydrogen-bond acceptors (Lipinski definition) is 2. The molecular weight excluding hydrogens is 349 g/mol. The quantitative estimate of drug-likeness (QED) is 0.551. The van der Waals surface area contributed by atoms with E-state index in [4.69, 9.17) is 16.3 Å². The topological polar surface area (TPSA) is 21.3 Å². The van der Waals surface area contributed by atoms with Gasteiger partial charge in [0.15, 0.2) is 0 Å². The number of nitrogens with one attached hydrogen (secondary N) is 1. The van der Waals surface area contributed by atoms with Crippen molar-refractivity contribution in [3.05, 3.63) is 93.8 Å². The van der Waals surface area contributed by atoms with Crippen LogP contribution in [0.15, 0.2) is 60.7 Å². The third-order valence-corrected chi connectivity index (χ3v) is 4.69. The second-order valence-electron chi connectivity index (χ2n) is 6.28. The van der Waals surface area contributed by atoms with Crippen molar-refractivity contribution in [2.45, 2.75) is 27.0 Å². The van der Waals surface area contributed by atoms with Gasteiger partial charge in [0.25, 0.3) is 0 Å². The normalized spacial score (nSPS) is 10.6. The summed E-state index contributed by atoms with van der Waals surface area (Å²) >= 11 is 6.35. The first kappa shape index (κ1) is 18.3. The lowest BCUT2D eigenvalue weighted by molar-refractivity contribution is 0.306. The fourth-order valence-electron chi connectivity index (χ4n) is 2.65. The predicted octanol–water partition coefficient (Wildman–Crippen LogP) is 6.29. The summed E-state index contributed by atoms with van der Waals surface area (Å²) in [6, 6.07) is 18.2. The monoisotopic (exact) mass is 369 g/mol. The maximum atomic E-state index is 12.9. The second-order valence-corrected chi connectivity index (χ2v) is 6.69. The largest absolute Gasteiger partial charge is 0.487 e. The van der Waals surface area contributed by atoms with Crippen LogP contribution < -0.4 is 10.1 Å². The van der Waals surface area contributed by atoms with E-state index in [1.165, 1.54) is 23.3 Å². The summed E-state index contributed by atoms with van der Waals surface area (Å²) in [6.07, 6.45) is 0. The molecule has 134 valence electrons. The molecule has 26 heavy (non-hydrogen) atoms. The van der Waals surface area contributed by atoms with E-state index in [2.05, 4.69) is 31.3 Å². The Morgan fingerprint density at radius 3 is 2.42 bits per heavy atom.